The maximum Gasteiger partial charge on any atom is 0.317 e. The van der Waals surface area contributed by atoms with Gasteiger partial charge in [-0.2, -0.15) is 0 Å². The SMILES string of the molecule is CC1CC(C(=O)O)CCN1C(=O)NCc1ccc(F)cc1. The fraction of sp³-hybridized carbons (Fsp3) is 0.467. The molecule has 0 spiro atoms. The number of carboxylic acids is 1. The molecule has 0 saturated carbocycles. The van der Waals surface area contributed by atoms with Crippen LogP contribution in [0.15, 0.2) is 24.3 Å². The highest BCUT2D eigenvalue weighted by atomic mass is 19.1. The Balaban J connectivity index is 1.86. The Morgan fingerprint density at radius 2 is 2.05 bits per heavy atom. The van der Waals surface area contributed by atoms with Crippen molar-refractivity contribution >= 4 is 12.0 Å². The zero-order valence-corrected chi connectivity index (χ0v) is 11.9. The third-order valence-electron chi connectivity index (χ3n) is 3.84. The van der Waals surface area contributed by atoms with E-state index in [1.807, 2.05) is 6.92 Å². The molecule has 0 radical (unpaired) electrons. The van der Waals surface area contributed by atoms with Gasteiger partial charge in [0.25, 0.3) is 0 Å². The van der Waals surface area contributed by atoms with E-state index >= 15 is 0 Å². The first-order valence-electron chi connectivity index (χ1n) is 6.99. The quantitative estimate of drug-likeness (QED) is 0.898. The smallest absolute Gasteiger partial charge is 0.317 e. The Kier molecular flexibility index (Phi) is 4.77. The molecule has 2 N–H and O–H groups in total. The van der Waals surface area contributed by atoms with Gasteiger partial charge in [0.15, 0.2) is 0 Å². The molecule has 5 nitrogen and oxygen atoms in total. The monoisotopic (exact) mass is 294 g/mol. The maximum atomic E-state index is 12.8. The lowest BCUT2D eigenvalue weighted by atomic mass is 9.92. The van der Waals surface area contributed by atoms with Gasteiger partial charge in [0.05, 0.1) is 5.92 Å². The summed E-state index contributed by atoms with van der Waals surface area (Å²) in [4.78, 5) is 24.7. The molecular formula is C15H19FN2O3. The van der Waals surface area contributed by atoms with Crippen LogP contribution in [0.4, 0.5) is 9.18 Å². The van der Waals surface area contributed by atoms with Gasteiger partial charge >= 0.3 is 12.0 Å². The van der Waals surface area contributed by atoms with Crippen LogP contribution in [0.1, 0.15) is 25.3 Å². The fourth-order valence-corrected chi connectivity index (χ4v) is 2.58. The van der Waals surface area contributed by atoms with E-state index in [0.717, 1.165) is 5.56 Å². The van der Waals surface area contributed by atoms with Crippen molar-refractivity contribution in [3.63, 3.8) is 0 Å². The van der Waals surface area contributed by atoms with Crippen molar-refractivity contribution < 1.29 is 19.1 Å². The topological polar surface area (TPSA) is 69.6 Å². The second-order valence-corrected chi connectivity index (χ2v) is 5.39. The first kappa shape index (κ1) is 15.3. The number of carbonyl (C=O) groups is 2. The molecule has 0 aliphatic carbocycles. The Hall–Kier alpha value is -2.11. The van der Waals surface area contributed by atoms with E-state index in [1.54, 1.807) is 17.0 Å². The number of aliphatic carboxylic acids is 1. The molecule has 2 rings (SSSR count). The molecular weight excluding hydrogens is 275 g/mol. The van der Waals surface area contributed by atoms with E-state index in [2.05, 4.69) is 5.32 Å². The molecule has 1 aliphatic rings. The van der Waals surface area contributed by atoms with E-state index in [1.165, 1.54) is 12.1 Å². The predicted octanol–water partition coefficient (Wildman–Crippen LogP) is 2.22. The molecule has 2 atom stereocenters. The number of nitrogens with zero attached hydrogens (tertiary/aromatic N) is 1. The average molecular weight is 294 g/mol. The van der Waals surface area contributed by atoms with Crippen molar-refractivity contribution in [2.24, 2.45) is 5.92 Å². The van der Waals surface area contributed by atoms with Gasteiger partial charge in [-0.05, 0) is 37.5 Å². The van der Waals surface area contributed by atoms with Crippen LogP contribution >= 0.6 is 0 Å². The number of piperidine rings is 1. The number of rotatable bonds is 3. The van der Waals surface area contributed by atoms with Crippen molar-refractivity contribution in [1.82, 2.24) is 10.2 Å². The van der Waals surface area contributed by atoms with Gasteiger partial charge in [-0.15, -0.1) is 0 Å². The number of benzene rings is 1. The number of halogens is 1. The number of likely N-dealkylation sites (tertiary alicyclic amines) is 1. The molecule has 6 heteroatoms. The Bertz CT molecular complexity index is 518. The lowest BCUT2D eigenvalue weighted by Crippen LogP contribution is -2.50. The molecule has 114 valence electrons. The van der Waals surface area contributed by atoms with Crippen LogP contribution in [0.5, 0.6) is 0 Å². The number of hydrogen-bond donors (Lipinski definition) is 2. The number of urea groups is 1. The summed E-state index contributed by atoms with van der Waals surface area (Å²) in [7, 11) is 0. The Morgan fingerprint density at radius 1 is 1.38 bits per heavy atom. The van der Waals surface area contributed by atoms with Crippen LogP contribution in [0.3, 0.4) is 0 Å². The van der Waals surface area contributed by atoms with Crippen LogP contribution in [0.2, 0.25) is 0 Å². The number of nitrogens with one attached hydrogen (secondary N) is 1. The third-order valence-corrected chi connectivity index (χ3v) is 3.84. The predicted molar refractivity (Wildman–Crippen MR) is 75.2 cm³/mol. The van der Waals surface area contributed by atoms with Gasteiger partial charge in [0.1, 0.15) is 5.82 Å². The van der Waals surface area contributed by atoms with E-state index < -0.39 is 5.97 Å². The van der Waals surface area contributed by atoms with Gasteiger partial charge in [-0.3, -0.25) is 4.79 Å². The molecule has 2 amide bonds. The first-order valence-corrected chi connectivity index (χ1v) is 6.99. The average Bonchev–Trinajstić information content (AvgIpc) is 2.46. The zero-order chi connectivity index (χ0) is 15.4. The molecule has 1 fully saturated rings. The van der Waals surface area contributed by atoms with Gasteiger partial charge in [-0.1, -0.05) is 12.1 Å². The summed E-state index contributed by atoms with van der Waals surface area (Å²) in [5.41, 5.74) is 0.817. The summed E-state index contributed by atoms with van der Waals surface area (Å²) in [5.74, 6) is -1.48. The fourth-order valence-electron chi connectivity index (χ4n) is 2.58. The maximum absolute atomic E-state index is 12.8. The molecule has 1 aromatic carbocycles. The van der Waals surface area contributed by atoms with Crippen LogP contribution < -0.4 is 5.32 Å². The summed E-state index contributed by atoms with van der Waals surface area (Å²) in [5, 5.41) is 11.8. The minimum absolute atomic E-state index is 0.104. The third kappa shape index (κ3) is 3.93. The molecule has 1 aliphatic heterocycles. The van der Waals surface area contributed by atoms with Crippen molar-refractivity contribution in [1.29, 1.82) is 0 Å². The minimum atomic E-state index is -0.798. The van der Waals surface area contributed by atoms with Gasteiger partial charge in [0.2, 0.25) is 0 Å². The van der Waals surface area contributed by atoms with Gasteiger partial charge in [0, 0.05) is 19.1 Å². The summed E-state index contributed by atoms with van der Waals surface area (Å²) in [6.45, 7) is 2.62. The first-order chi connectivity index (χ1) is 9.97. The Labute approximate surface area is 122 Å². The summed E-state index contributed by atoms with van der Waals surface area (Å²) < 4.78 is 12.8. The van der Waals surface area contributed by atoms with Crippen LogP contribution in [-0.4, -0.2) is 34.6 Å². The molecule has 0 aromatic heterocycles. The van der Waals surface area contributed by atoms with Crippen molar-refractivity contribution in [3.8, 4) is 0 Å². The second-order valence-electron chi connectivity index (χ2n) is 5.39. The standard InChI is InChI=1S/C15H19FN2O3/c1-10-8-12(14(19)20)6-7-18(10)15(21)17-9-11-2-4-13(16)5-3-11/h2-5,10,12H,6-9H2,1H3,(H,17,21)(H,19,20). The van der Waals surface area contributed by atoms with Crippen LogP contribution in [-0.2, 0) is 11.3 Å². The molecule has 21 heavy (non-hydrogen) atoms. The highest BCUT2D eigenvalue weighted by Crippen LogP contribution is 2.23. The lowest BCUT2D eigenvalue weighted by molar-refractivity contribution is -0.143. The van der Waals surface area contributed by atoms with Gasteiger partial charge < -0.3 is 15.3 Å². The summed E-state index contributed by atoms with van der Waals surface area (Å²) in [6.07, 6.45) is 0.947. The normalized spacial score (nSPS) is 21.9. The Morgan fingerprint density at radius 3 is 2.62 bits per heavy atom. The van der Waals surface area contributed by atoms with Crippen molar-refractivity contribution in [2.75, 3.05) is 6.54 Å². The molecule has 2 unspecified atom stereocenters. The van der Waals surface area contributed by atoms with E-state index in [-0.39, 0.29) is 23.8 Å². The number of amides is 2. The second kappa shape index (κ2) is 6.56. The highest BCUT2D eigenvalue weighted by Gasteiger charge is 2.31. The molecule has 1 saturated heterocycles. The number of carboxylic acid groups (broad SMARTS) is 1. The zero-order valence-electron chi connectivity index (χ0n) is 11.9. The summed E-state index contributed by atoms with van der Waals surface area (Å²) >= 11 is 0. The number of hydrogen-bond acceptors (Lipinski definition) is 2. The molecule has 1 aromatic rings. The largest absolute Gasteiger partial charge is 0.481 e. The van der Waals surface area contributed by atoms with Crippen LogP contribution in [0.25, 0.3) is 0 Å². The number of carbonyl (C=O) groups excluding carboxylic acids is 1. The van der Waals surface area contributed by atoms with E-state index in [0.29, 0.717) is 25.9 Å². The molecule has 0 bridgehead atoms. The van der Waals surface area contributed by atoms with Crippen molar-refractivity contribution in [2.45, 2.75) is 32.4 Å². The van der Waals surface area contributed by atoms with Gasteiger partial charge in [-0.25, -0.2) is 9.18 Å². The lowest BCUT2D eigenvalue weighted by Gasteiger charge is -2.36. The molecule has 1 heterocycles. The van der Waals surface area contributed by atoms with Crippen molar-refractivity contribution in [3.05, 3.63) is 35.6 Å². The minimum Gasteiger partial charge on any atom is -0.481 e. The van der Waals surface area contributed by atoms with E-state index in [9.17, 15) is 14.0 Å². The van der Waals surface area contributed by atoms with E-state index in [4.69, 9.17) is 5.11 Å². The summed E-state index contributed by atoms with van der Waals surface area (Å²) in [6, 6.07) is 5.62. The van der Waals surface area contributed by atoms with Crippen LogP contribution in [0, 0.1) is 11.7 Å². The highest BCUT2D eigenvalue weighted by molar-refractivity contribution is 5.75.